The van der Waals surface area contributed by atoms with Crippen molar-refractivity contribution < 1.29 is 19.4 Å². The topological polar surface area (TPSA) is 130 Å². The molecule has 4 heterocycles. The second-order valence-corrected chi connectivity index (χ2v) is 8.92. The molecule has 3 amide bonds. The third kappa shape index (κ3) is 3.52. The Kier molecular flexibility index (Phi) is 4.65. The van der Waals surface area contributed by atoms with Crippen LogP contribution >= 0.6 is 0 Å². The molecule has 166 valence electrons. The molecule has 11 nitrogen and oxygen atoms in total. The summed E-state index contributed by atoms with van der Waals surface area (Å²) in [6.45, 7) is 4.55. The first-order chi connectivity index (χ1) is 14.9. The van der Waals surface area contributed by atoms with Crippen LogP contribution in [0.15, 0.2) is 10.9 Å². The zero-order valence-corrected chi connectivity index (χ0v) is 17.4. The second-order valence-electron chi connectivity index (χ2n) is 8.92. The summed E-state index contributed by atoms with van der Waals surface area (Å²) in [5.41, 5.74) is -0.754. The van der Waals surface area contributed by atoms with Gasteiger partial charge in [0.05, 0.1) is 0 Å². The molecule has 0 aromatic carbocycles. The van der Waals surface area contributed by atoms with Crippen LogP contribution in [0.1, 0.15) is 43.0 Å². The lowest BCUT2D eigenvalue weighted by Crippen LogP contribution is -2.39. The molecular weight excluding hydrogens is 404 g/mol. The minimum atomic E-state index is -0.603. The number of rotatable bonds is 5. The Hall–Kier alpha value is -3.08. The van der Waals surface area contributed by atoms with Gasteiger partial charge in [-0.3, -0.25) is 19.1 Å². The van der Waals surface area contributed by atoms with Gasteiger partial charge in [0, 0.05) is 45.0 Å². The zero-order valence-electron chi connectivity index (χ0n) is 17.4. The molecule has 11 heteroatoms. The van der Waals surface area contributed by atoms with E-state index < -0.39 is 17.3 Å². The van der Waals surface area contributed by atoms with E-state index >= 15 is 0 Å². The van der Waals surface area contributed by atoms with Crippen LogP contribution in [0.5, 0.6) is 5.88 Å². The van der Waals surface area contributed by atoms with Crippen molar-refractivity contribution in [2.24, 2.45) is 5.41 Å². The highest BCUT2D eigenvalue weighted by atomic mass is 16.5. The minimum absolute atomic E-state index is 0.0323. The number of nitrogens with one attached hydrogen (secondary N) is 2. The van der Waals surface area contributed by atoms with Crippen LogP contribution in [-0.4, -0.2) is 63.6 Å². The normalized spacial score (nSPS) is 20.8. The van der Waals surface area contributed by atoms with Gasteiger partial charge >= 0.3 is 6.03 Å². The number of fused-ring (bicyclic) bond motifs is 1. The summed E-state index contributed by atoms with van der Waals surface area (Å²) < 4.78 is 8.16. The summed E-state index contributed by atoms with van der Waals surface area (Å²) in [5, 5.41) is 20.7. The predicted molar refractivity (Wildman–Crippen MR) is 111 cm³/mol. The monoisotopic (exact) mass is 430 g/mol. The Balaban J connectivity index is 1.65. The van der Waals surface area contributed by atoms with Crippen molar-refractivity contribution in [2.45, 2.75) is 45.2 Å². The lowest BCUT2D eigenvalue weighted by molar-refractivity contribution is 0.0154. The number of urea groups is 1. The summed E-state index contributed by atoms with van der Waals surface area (Å²) >= 11 is 0. The SMILES string of the molecule is CC1(Cn2c(=O)c(C(=O)NC3CC3)c(O)n3nc(N4CCNC4=O)cc23)CCOCC1. The number of carbonyl (C=O) groups excluding carboxylic acids is 2. The van der Waals surface area contributed by atoms with Crippen LogP contribution in [0.25, 0.3) is 5.65 Å². The highest BCUT2D eigenvalue weighted by Crippen LogP contribution is 2.33. The Morgan fingerprint density at radius 2 is 2.10 bits per heavy atom. The van der Waals surface area contributed by atoms with Gasteiger partial charge in [-0.05, 0) is 31.1 Å². The van der Waals surface area contributed by atoms with E-state index in [0.29, 0.717) is 44.3 Å². The average molecular weight is 430 g/mol. The molecule has 2 aromatic rings. The van der Waals surface area contributed by atoms with E-state index in [0.717, 1.165) is 25.7 Å². The molecule has 31 heavy (non-hydrogen) atoms. The standard InChI is InChI=1S/C20H26N6O5/c1-20(4-8-31-9-5-20)11-25-14-10-13(24-7-6-21-19(24)30)23-26(14)18(29)15(17(25)28)16(27)22-12-2-3-12/h10,12,29H,2-9,11H2,1H3,(H,21,30)(H,22,27). The van der Waals surface area contributed by atoms with E-state index in [4.69, 9.17) is 4.74 Å². The molecule has 1 saturated carbocycles. The zero-order chi connectivity index (χ0) is 21.8. The number of ether oxygens (including phenoxy) is 1. The lowest BCUT2D eigenvalue weighted by Gasteiger charge is -2.34. The average Bonchev–Trinajstić information content (AvgIpc) is 3.26. The van der Waals surface area contributed by atoms with Crippen molar-refractivity contribution in [3.63, 3.8) is 0 Å². The summed E-state index contributed by atoms with van der Waals surface area (Å²) in [4.78, 5) is 39.8. The van der Waals surface area contributed by atoms with Crippen molar-refractivity contribution in [3.8, 4) is 5.88 Å². The van der Waals surface area contributed by atoms with E-state index in [-0.39, 0.29) is 23.1 Å². The first-order valence-electron chi connectivity index (χ1n) is 10.7. The number of amides is 3. The van der Waals surface area contributed by atoms with Crippen molar-refractivity contribution in [1.82, 2.24) is 24.8 Å². The van der Waals surface area contributed by atoms with Crippen molar-refractivity contribution in [1.29, 1.82) is 0 Å². The van der Waals surface area contributed by atoms with Gasteiger partial charge < -0.3 is 20.5 Å². The van der Waals surface area contributed by atoms with E-state index in [2.05, 4.69) is 22.7 Å². The second kappa shape index (κ2) is 7.26. The Bertz CT molecular complexity index is 1110. The molecule has 2 saturated heterocycles. The number of carbonyl (C=O) groups is 2. The van der Waals surface area contributed by atoms with E-state index in [1.807, 2.05) is 0 Å². The number of aromatic nitrogens is 3. The highest BCUT2D eigenvalue weighted by molar-refractivity contribution is 5.97. The quantitative estimate of drug-likeness (QED) is 0.631. The molecule has 5 rings (SSSR count). The molecule has 3 N–H and O–H groups in total. The Labute approximate surface area is 178 Å². The Morgan fingerprint density at radius 3 is 2.74 bits per heavy atom. The summed E-state index contributed by atoms with van der Waals surface area (Å²) in [6, 6.07) is 1.35. The number of hydrogen-bond donors (Lipinski definition) is 3. The fraction of sp³-hybridized carbons (Fsp3) is 0.600. The first-order valence-corrected chi connectivity index (χ1v) is 10.7. The highest BCUT2D eigenvalue weighted by Gasteiger charge is 2.34. The molecule has 0 bridgehead atoms. The molecule has 0 unspecified atom stereocenters. The summed E-state index contributed by atoms with van der Waals surface area (Å²) in [5.74, 6) is -0.804. The van der Waals surface area contributed by atoms with Crippen molar-refractivity contribution >= 4 is 23.4 Å². The lowest BCUT2D eigenvalue weighted by atomic mass is 9.82. The Morgan fingerprint density at radius 1 is 1.35 bits per heavy atom. The number of anilines is 1. The summed E-state index contributed by atoms with van der Waals surface area (Å²) in [6.07, 6.45) is 3.26. The van der Waals surface area contributed by atoms with Crippen LogP contribution in [-0.2, 0) is 11.3 Å². The molecule has 3 fully saturated rings. The molecule has 2 aliphatic heterocycles. The smallest absolute Gasteiger partial charge is 0.323 e. The third-order valence-electron chi connectivity index (χ3n) is 6.35. The van der Waals surface area contributed by atoms with Gasteiger partial charge in [0.25, 0.3) is 11.5 Å². The maximum absolute atomic E-state index is 13.4. The fourth-order valence-corrected chi connectivity index (χ4v) is 4.21. The van der Waals surface area contributed by atoms with Gasteiger partial charge in [0.1, 0.15) is 5.65 Å². The van der Waals surface area contributed by atoms with E-state index in [1.165, 1.54) is 14.0 Å². The van der Waals surface area contributed by atoms with Crippen molar-refractivity contribution in [2.75, 3.05) is 31.2 Å². The maximum Gasteiger partial charge on any atom is 0.323 e. The molecule has 1 aliphatic carbocycles. The van der Waals surface area contributed by atoms with Gasteiger partial charge in [0.15, 0.2) is 11.4 Å². The van der Waals surface area contributed by atoms with Crippen LogP contribution < -0.4 is 21.1 Å². The van der Waals surface area contributed by atoms with Gasteiger partial charge in [-0.15, -0.1) is 5.10 Å². The van der Waals surface area contributed by atoms with Gasteiger partial charge in [0.2, 0.25) is 5.88 Å². The molecular formula is C20H26N6O5. The number of nitrogens with zero attached hydrogens (tertiary/aromatic N) is 4. The molecule has 3 aliphatic rings. The van der Waals surface area contributed by atoms with Crippen LogP contribution in [0.3, 0.4) is 0 Å². The molecule has 0 spiro atoms. The van der Waals surface area contributed by atoms with Gasteiger partial charge in [-0.1, -0.05) is 6.92 Å². The van der Waals surface area contributed by atoms with Crippen molar-refractivity contribution in [3.05, 3.63) is 22.0 Å². The minimum Gasteiger partial charge on any atom is -0.492 e. The van der Waals surface area contributed by atoms with Crippen LogP contribution in [0.4, 0.5) is 10.6 Å². The number of aromatic hydroxyl groups is 1. The first kappa shape index (κ1) is 19.9. The third-order valence-corrected chi connectivity index (χ3v) is 6.35. The van der Waals surface area contributed by atoms with Crippen LogP contribution in [0, 0.1) is 5.41 Å². The van der Waals surface area contributed by atoms with Gasteiger partial charge in [-0.2, -0.15) is 4.52 Å². The van der Waals surface area contributed by atoms with E-state index in [1.54, 1.807) is 6.07 Å². The largest absolute Gasteiger partial charge is 0.492 e. The molecule has 2 aromatic heterocycles. The van der Waals surface area contributed by atoms with Gasteiger partial charge in [-0.25, -0.2) is 4.79 Å². The summed E-state index contributed by atoms with van der Waals surface area (Å²) in [7, 11) is 0. The van der Waals surface area contributed by atoms with E-state index in [9.17, 15) is 19.5 Å². The van der Waals surface area contributed by atoms with Crippen LogP contribution in [0.2, 0.25) is 0 Å². The molecule has 0 atom stereocenters. The fourth-order valence-electron chi connectivity index (χ4n) is 4.21. The molecule has 0 radical (unpaired) electrons. The number of hydrogen-bond acceptors (Lipinski definition) is 6. The maximum atomic E-state index is 13.4. The predicted octanol–water partition coefficient (Wildman–Crippen LogP) is 0.440.